The van der Waals surface area contributed by atoms with Crippen molar-refractivity contribution in [2.45, 2.75) is 32.2 Å². The molecule has 3 heterocycles. The molecular formula is C21H30N2O3. The molecule has 3 fully saturated rings. The van der Waals surface area contributed by atoms with Crippen molar-refractivity contribution in [2.75, 3.05) is 46.5 Å². The normalized spacial score (nSPS) is 25.7. The lowest BCUT2D eigenvalue weighted by Gasteiger charge is -2.38. The van der Waals surface area contributed by atoms with Crippen LogP contribution in [-0.2, 0) is 16.1 Å². The standard InChI is InChI=1S/C21H30N2O3/c1-25-18-6-4-17(5-7-18)14-22-15-19(20(24)23-10-2-3-11-23)21(16-22)8-12-26-13-9-21/h4-7,19H,2-3,8-16H2,1H3/t19-/m0/s1. The van der Waals surface area contributed by atoms with Gasteiger partial charge in [0.25, 0.3) is 0 Å². The lowest BCUT2D eigenvalue weighted by Crippen LogP contribution is -2.45. The zero-order valence-electron chi connectivity index (χ0n) is 15.8. The summed E-state index contributed by atoms with van der Waals surface area (Å²) >= 11 is 0. The van der Waals surface area contributed by atoms with Gasteiger partial charge in [-0.05, 0) is 43.4 Å². The summed E-state index contributed by atoms with van der Waals surface area (Å²) in [6, 6.07) is 8.29. The molecule has 0 aromatic heterocycles. The first-order valence-electron chi connectivity index (χ1n) is 9.92. The first kappa shape index (κ1) is 17.8. The number of hydrogen-bond acceptors (Lipinski definition) is 4. The molecule has 0 aliphatic carbocycles. The van der Waals surface area contributed by atoms with E-state index in [0.717, 1.165) is 77.4 Å². The molecule has 5 heteroatoms. The molecule has 3 aliphatic rings. The molecule has 0 radical (unpaired) electrons. The number of methoxy groups -OCH3 is 1. The van der Waals surface area contributed by atoms with Crippen molar-refractivity contribution in [2.24, 2.45) is 11.3 Å². The molecule has 1 spiro atoms. The minimum absolute atomic E-state index is 0.102. The topological polar surface area (TPSA) is 42.0 Å². The number of carbonyl (C=O) groups is 1. The molecule has 26 heavy (non-hydrogen) atoms. The van der Waals surface area contributed by atoms with Crippen molar-refractivity contribution in [3.05, 3.63) is 29.8 Å². The van der Waals surface area contributed by atoms with Gasteiger partial charge in [-0.15, -0.1) is 0 Å². The molecule has 0 saturated carbocycles. The van der Waals surface area contributed by atoms with Crippen LogP contribution in [0, 0.1) is 11.3 Å². The first-order valence-corrected chi connectivity index (χ1v) is 9.92. The number of nitrogens with zero attached hydrogens (tertiary/aromatic N) is 2. The molecule has 0 unspecified atom stereocenters. The number of hydrogen-bond donors (Lipinski definition) is 0. The molecule has 0 bridgehead atoms. The minimum atomic E-state index is 0.102. The first-order chi connectivity index (χ1) is 12.7. The van der Waals surface area contributed by atoms with E-state index in [1.165, 1.54) is 5.56 Å². The highest BCUT2D eigenvalue weighted by molar-refractivity contribution is 5.80. The maximum absolute atomic E-state index is 13.2. The maximum Gasteiger partial charge on any atom is 0.227 e. The molecule has 5 nitrogen and oxygen atoms in total. The van der Waals surface area contributed by atoms with E-state index >= 15 is 0 Å². The van der Waals surface area contributed by atoms with Crippen molar-refractivity contribution in [1.82, 2.24) is 9.80 Å². The zero-order valence-corrected chi connectivity index (χ0v) is 15.8. The van der Waals surface area contributed by atoms with E-state index in [4.69, 9.17) is 9.47 Å². The molecule has 1 atom stereocenters. The summed E-state index contributed by atoms with van der Waals surface area (Å²) in [6.45, 7) is 6.26. The third kappa shape index (κ3) is 3.47. The van der Waals surface area contributed by atoms with E-state index in [9.17, 15) is 4.79 Å². The van der Waals surface area contributed by atoms with Crippen molar-refractivity contribution < 1.29 is 14.3 Å². The van der Waals surface area contributed by atoms with Gasteiger partial charge in [0.05, 0.1) is 13.0 Å². The fourth-order valence-electron chi connectivity index (χ4n) is 4.96. The zero-order chi connectivity index (χ0) is 18.0. The lowest BCUT2D eigenvalue weighted by atomic mass is 9.71. The van der Waals surface area contributed by atoms with Gasteiger partial charge in [-0.25, -0.2) is 0 Å². The molecule has 1 aromatic carbocycles. The van der Waals surface area contributed by atoms with Gasteiger partial charge in [-0.3, -0.25) is 9.69 Å². The molecule has 4 rings (SSSR count). The van der Waals surface area contributed by atoms with Crippen LogP contribution in [0.5, 0.6) is 5.75 Å². The molecule has 142 valence electrons. The number of ether oxygens (including phenoxy) is 2. The second-order valence-corrected chi connectivity index (χ2v) is 8.08. The highest BCUT2D eigenvalue weighted by Gasteiger charge is 2.51. The molecule has 1 aromatic rings. The average Bonchev–Trinajstić information content (AvgIpc) is 3.31. The Labute approximate surface area is 156 Å². The Hall–Kier alpha value is -1.59. The Morgan fingerprint density at radius 2 is 1.88 bits per heavy atom. The Morgan fingerprint density at radius 3 is 2.54 bits per heavy atom. The summed E-state index contributed by atoms with van der Waals surface area (Å²) in [5.74, 6) is 1.41. The fraction of sp³-hybridized carbons (Fsp3) is 0.667. The number of rotatable bonds is 4. The van der Waals surface area contributed by atoms with E-state index in [2.05, 4.69) is 21.9 Å². The molecule has 3 aliphatic heterocycles. The Bertz CT molecular complexity index is 619. The summed E-state index contributed by atoms with van der Waals surface area (Å²) < 4.78 is 10.9. The van der Waals surface area contributed by atoms with Gasteiger partial charge >= 0.3 is 0 Å². The van der Waals surface area contributed by atoms with Crippen LogP contribution in [0.2, 0.25) is 0 Å². The summed E-state index contributed by atoms with van der Waals surface area (Å²) in [5.41, 5.74) is 1.38. The third-order valence-corrected chi connectivity index (χ3v) is 6.49. The number of carbonyl (C=O) groups excluding carboxylic acids is 1. The number of likely N-dealkylation sites (tertiary alicyclic amines) is 2. The second-order valence-electron chi connectivity index (χ2n) is 8.08. The van der Waals surface area contributed by atoms with Crippen LogP contribution in [0.25, 0.3) is 0 Å². The van der Waals surface area contributed by atoms with Crippen LogP contribution >= 0.6 is 0 Å². The highest BCUT2D eigenvalue weighted by Crippen LogP contribution is 2.45. The fourth-order valence-corrected chi connectivity index (χ4v) is 4.96. The van der Waals surface area contributed by atoms with Gasteiger partial charge in [0, 0.05) is 51.4 Å². The molecule has 1 amide bonds. The van der Waals surface area contributed by atoms with Gasteiger partial charge in [0.15, 0.2) is 0 Å². The van der Waals surface area contributed by atoms with Crippen LogP contribution < -0.4 is 4.74 Å². The SMILES string of the molecule is COc1ccc(CN2C[C@@H](C(=O)N3CCCC3)C3(CCOCC3)C2)cc1. The van der Waals surface area contributed by atoms with Crippen LogP contribution in [0.1, 0.15) is 31.2 Å². The molecule has 3 saturated heterocycles. The average molecular weight is 358 g/mol. The lowest BCUT2D eigenvalue weighted by molar-refractivity contribution is -0.139. The molecular weight excluding hydrogens is 328 g/mol. The number of amides is 1. The van der Waals surface area contributed by atoms with Crippen molar-refractivity contribution in [3.63, 3.8) is 0 Å². The van der Waals surface area contributed by atoms with E-state index in [-0.39, 0.29) is 11.3 Å². The van der Waals surface area contributed by atoms with Crippen molar-refractivity contribution in [3.8, 4) is 5.75 Å². The van der Waals surface area contributed by atoms with E-state index in [0.29, 0.717) is 5.91 Å². The summed E-state index contributed by atoms with van der Waals surface area (Å²) in [5, 5.41) is 0. The van der Waals surface area contributed by atoms with Gasteiger partial charge in [-0.2, -0.15) is 0 Å². The third-order valence-electron chi connectivity index (χ3n) is 6.49. The Balaban J connectivity index is 1.49. The summed E-state index contributed by atoms with van der Waals surface area (Å²) in [4.78, 5) is 17.8. The summed E-state index contributed by atoms with van der Waals surface area (Å²) in [6.07, 6.45) is 4.33. The van der Waals surface area contributed by atoms with Crippen LogP contribution in [-0.4, -0.2) is 62.2 Å². The predicted octanol–water partition coefficient (Wildman–Crippen LogP) is 2.55. The minimum Gasteiger partial charge on any atom is -0.497 e. The summed E-state index contributed by atoms with van der Waals surface area (Å²) in [7, 11) is 1.69. The monoisotopic (exact) mass is 358 g/mol. The van der Waals surface area contributed by atoms with Crippen molar-refractivity contribution in [1.29, 1.82) is 0 Å². The Morgan fingerprint density at radius 1 is 1.19 bits per heavy atom. The molecule has 0 N–H and O–H groups in total. The van der Waals surface area contributed by atoms with Crippen LogP contribution in [0.4, 0.5) is 0 Å². The quantitative estimate of drug-likeness (QED) is 0.830. The maximum atomic E-state index is 13.2. The van der Waals surface area contributed by atoms with E-state index < -0.39 is 0 Å². The van der Waals surface area contributed by atoms with Gasteiger partial charge in [-0.1, -0.05) is 12.1 Å². The van der Waals surface area contributed by atoms with Crippen LogP contribution in [0.3, 0.4) is 0 Å². The number of benzene rings is 1. The van der Waals surface area contributed by atoms with Gasteiger partial charge in [0.2, 0.25) is 5.91 Å². The van der Waals surface area contributed by atoms with E-state index in [1.54, 1.807) is 7.11 Å². The predicted molar refractivity (Wildman–Crippen MR) is 100 cm³/mol. The van der Waals surface area contributed by atoms with E-state index in [1.807, 2.05) is 12.1 Å². The smallest absolute Gasteiger partial charge is 0.227 e. The highest BCUT2D eigenvalue weighted by atomic mass is 16.5. The van der Waals surface area contributed by atoms with Gasteiger partial charge < -0.3 is 14.4 Å². The van der Waals surface area contributed by atoms with Crippen molar-refractivity contribution >= 4 is 5.91 Å². The second kappa shape index (κ2) is 7.57. The van der Waals surface area contributed by atoms with Crippen LogP contribution in [0.15, 0.2) is 24.3 Å². The van der Waals surface area contributed by atoms with Gasteiger partial charge in [0.1, 0.15) is 5.75 Å². The Kier molecular flexibility index (Phi) is 5.18. The largest absolute Gasteiger partial charge is 0.497 e.